The van der Waals surface area contributed by atoms with Crippen LogP contribution in [0.5, 0.6) is 0 Å². The molecule has 1 aromatic carbocycles. The smallest absolute Gasteiger partial charge is 0.419 e. The highest BCUT2D eigenvalue weighted by molar-refractivity contribution is 5.92. The lowest BCUT2D eigenvalue weighted by atomic mass is 10.1. The van der Waals surface area contributed by atoms with E-state index in [0.29, 0.717) is 12.8 Å². The van der Waals surface area contributed by atoms with Crippen LogP contribution in [-0.2, 0) is 16.0 Å². The summed E-state index contributed by atoms with van der Waals surface area (Å²) in [6.45, 7) is 5.47. The minimum atomic E-state index is -0.809. The van der Waals surface area contributed by atoms with Crippen molar-refractivity contribution in [1.82, 2.24) is 4.57 Å². The molecule has 0 atom stereocenters. The number of hydrogen-bond acceptors (Lipinski definition) is 3. The Bertz CT molecular complexity index is 694. The Balaban J connectivity index is 2.31. The molecular weight excluding hydrogens is 282 g/mol. The molecule has 22 heavy (non-hydrogen) atoms. The number of carboxylic acids is 1. The number of aliphatic carboxylic acids is 1. The van der Waals surface area contributed by atoms with Crippen LogP contribution in [0.25, 0.3) is 10.9 Å². The lowest BCUT2D eigenvalue weighted by Crippen LogP contribution is -2.26. The van der Waals surface area contributed by atoms with Crippen molar-refractivity contribution in [1.29, 1.82) is 0 Å². The molecule has 0 fully saturated rings. The lowest BCUT2D eigenvalue weighted by molar-refractivity contribution is -0.137. The summed E-state index contributed by atoms with van der Waals surface area (Å²) in [6, 6.07) is 7.57. The normalized spacial score (nSPS) is 11.6. The first-order valence-corrected chi connectivity index (χ1v) is 7.32. The van der Waals surface area contributed by atoms with Gasteiger partial charge in [-0.15, -0.1) is 0 Å². The van der Waals surface area contributed by atoms with E-state index in [0.717, 1.165) is 16.5 Å². The van der Waals surface area contributed by atoms with Crippen LogP contribution >= 0.6 is 0 Å². The van der Waals surface area contributed by atoms with Gasteiger partial charge < -0.3 is 9.84 Å². The number of hydrogen-bond donors (Lipinski definition) is 1. The van der Waals surface area contributed by atoms with Crippen molar-refractivity contribution in [3.05, 3.63) is 36.0 Å². The quantitative estimate of drug-likeness (QED) is 0.932. The molecule has 118 valence electrons. The Kier molecular flexibility index (Phi) is 4.54. The predicted molar refractivity (Wildman–Crippen MR) is 84.1 cm³/mol. The molecule has 5 nitrogen and oxygen atoms in total. The van der Waals surface area contributed by atoms with Crippen molar-refractivity contribution >= 4 is 23.0 Å². The number of carboxylic acid groups (broad SMARTS) is 1. The van der Waals surface area contributed by atoms with Crippen LogP contribution in [0.4, 0.5) is 4.79 Å². The number of carbonyl (C=O) groups is 2. The zero-order valence-electron chi connectivity index (χ0n) is 13.1. The van der Waals surface area contributed by atoms with Gasteiger partial charge in [0.15, 0.2) is 0 Å². The van der Waals surface area contributed by atoms with Gasteiger partial charge in [-0.1, -0.05) is 18.2 Å². The number of ether oxygens (including phenoxy) is 1. The molecule has 0 aliphatic carbocycles. The molecule has 0 spiro atoms. The molecule has 1 heterocycles. The van der Waals surface area contributed by atoms with Gasteiger partial charge in [-0.2, -0.15) is 0 Å². The van der Waals surface area contributed by atoms with Gasteiger partial charge in [0.1, 0.15) is 5.60 Å². The molecular formula is C17H21NO4. The molecule has 0 unspecified atom stereocenters. The van der Waals surface area contributed by atoms with Gasteiger partial charge in [0.25, 0.3) is 0 Å². The number of benzene rings is 1. The van der Waals surface area contributed by atoms with E-state index in [1.165, 1.54) is 4.57 Å². The zero-order valence-corrected chi connectivity index (χ0v) is 13.1. The van der Waals surface area contributed by atoms with E-state index in [1.54, 1.807) is 6.20 Å². The summed E-state index contributed by atoms with van der Waals surface area (Å²) in [5, 5.41) is 9.70. The number of rotatable bonds is 4. The van der Waals surface area contributed by atoms with Gasteiger partial charge in [0.2, 0.25) is 0 Å². The van der Waals surface area contributed by atoms with E-state index < -0.39 is 17.7 Å². The Morgan fingerprint density at radius 2 is 1.91 bits per heavy atom. The fourth-order valence-corrected chi connectivity index (χ4v) is 2.34. The maximum absolute atomic E-state index is 12.3. The first-order chi connectivity index (χ1) is 10.3. The Morgan fingerprint density at radius 1 is 1.23 bits per heavy atom. The minimum Gasteiger partial charge on any atom is -0.481 e. The highest BCUT2D eigenvalue weighted by Crippen LogP contribution is 2.24. The van der Waals surface area contributed by atoms with E-state index in [2.05, 4.69) is 0 Å². The SMILES string of the molecule is CC(C)(C)OC(=O)n1cc(CCCC(=O)O)c2ccccc21. The second-order valence-corrected chi connectivity index (χ2v) is 6.27. The Morgan fingerprint density at radius 3 is 2.55 bits per heavy atom. The van der Waals surface area contributed by atoms with Gasteiger partial charge in [0.05, 0.1) is 5.52 Å². The van der Waals surface area contributed by atoms with Crippen LogP contribution in [0.3, 0.4) is 0 Å². The standard InChI is InChI=1S/C17H21NO4/c1-17(2,3)22-16(21)18-11-12(7-6-10-15(19)20)13-8-4-5-9-14(13)18/h4-5,8-9,11H,6-7,10H2,1-3H3,(H,19,20). The number of nitrogens with zero attached hydrogens (tertiary/aromatic N) is 1. The number of fused-ring (bicyclic) bond motifs is 1. The maximum Gasteiger partial charge on any atom is 0.419 e. The molecule has 0 aliphatic rings. The molecule has 0 amide bonds. The Hall–Kier alpha value is -2.30. The molecule has 2 aromatic rings. The first-order valence-electron chi connectivity index (χ1n) is 7.32. The summed E-state index contributed by atoms with van der Waals surface area (Å²) in [4.78, 5) is 23.0. The van der Waals surface area contributed by atoms with Crippen molar-refractivity contribution in [3.8, 4) is 0 Å². The van der Waals surface area contributed by atoms with Gasteiger partial charge in [-0.3, -0.25) is 9.36 Å². The van der Waals surface area contributed by atoms with Crippen molar-refractivity contribution in [2.75, 3.05) is 0 Å². The molecule has 5 heteroatoms. The number of aromatic nitrogens is 1. The topological polar surface area (TPSA) is 68.5 Å². The second-order valence-electron chi connectivity index (χ2n) is 6.27. The maximum atomic E-state index is 12.3. The fourth-order valence-electron chi connectivity index (χ4n) is 2.34. The van der Waals surface area contributed by atoms with Gasteiger partial charge >= 0.3 is 12.1 Å². The van der Waals surface area contributed by atoms with Crippen LogP contribution < -0.4 is 0 Å². The van der Waals surface area contributed by atoms with Crippen LogP contribution in [-0.4, -0.2) is 27.3 Å². The van der Waals surface area contributed by atoms with Crippen molar-refractivity contribution in [2.45, 2.75) is 45.6 Å². The Labute approximate surface area is 129 Å². The average Bonchev–Trinajstić information content (AvgIpc) is 2.76. The summed E-state index contributed by atoms with van der Waals surface area (Å²) in [7, 11) is 0. The molecule has 1 aromatic heterocycles. The van der Waals surface area contributed by atoms with Crippen molar-refractivity contribution in [3.63, 3.8) is 0 Å². The van der Waals surface area contributed by atoms with Gasteiger partial charge in [-0.05, 0) is 45.2 Å². The number of carbonyl (C=O) groups excluding carboxylic acids is 1. The number of aryl methyl sites for hydroxylation is 1. The highest BCUT2D eigenvalue weighted by atomic mass is 16.6. The third-order valence-corrected chi connectivity index (χ3v) is 3.22. The minimum absolute atomic E-state index is 0.117. The van der Waals surface area contributed by atoms with Crippen LogP contribution in [0.2, 0.25) is 0 Å². The summed E-state index contributed by atoms with van der Waals surface area (Å²) < 4.78 is 6.91. The van der Waals surface area contributed by atoms with E-state index in [1.807, 2.05) is 45.0 Å². The van der Waals surface area contributed by atoms with Crippen LogP contribution in [0, 0.1) is 0 Å². The van der Waals surface area contributed by atoms with Gasteiger partial charge in [0, 0.05) is 18.0 Å². The third-order valence-electron chi connectivity index (χ3n) is 3.22. The third kappa shape index (κ3) is 3.87. The molecule has 2 rings (SSSR count). The highest BCUT2D eigenvalue weighted by Gasteiger charge is 2.20. The summed E-state index contributed by atoms with van der Waals surface area (Å²) in [5.74, 6) is -0.809. The van der Waals surface area contributed by atoms with Gasteiger partial charge in [-0.25, -0.2) is 4.79 Å². The second kappa shape index (κ2) is 6.22. The first kappa shape index (κ1) is 16.1. The van der Waals surface area contributed by atoms with E-state index >= 15 is 0 Å². The summed E-state index contributed by atoms with van der Waals surface area (Å²) in [6.07, 6.45) is 2.60. The summed E-state index contributed by atoms with van der Waals surface area (Å²) in [5.41, 5.74) is 1.18. The van der Waals surface area contributed by atoms with Crippen LogP contribution in [0.15, 0.2) is 30.5 Å². The summed E-state index contributed by atoms with van der Waals surface area (Å²) >= 11 is 0. The molecule has 0 saturated carbocycles. The van der Waals surface area contributed by atoms with Crippen molar-refractivity contribution in [2.24, 2.45) is 0 Å². The molecule has 0 bridgehead atoms. The van der Waals surface area contributed by atoms with E-state index in [-0.39, 0.29) is 6.42 Å². The molecule has 1 N–H and O–H groups in total. The monoisotopic (exact) mass is 303 g/mol. The molecule has 0 radical (unpaired) electrons. The van der Waals surface area contributed by atoms with E-state index in [4.69, 9.17) is 9.84 Å². The molecule has 0 aliphatic heterocycles. The fraction of sp³-hybridized carbons (Fsp3) is 0.412. The lowest BCUT2D eigenvalue weighted by Gasteiger charge is -2.19. The largest absolute Gasteiger partial charge is 0.481 e. The molecule has 0 saturated heterocycles. The predicted octanol–water partition coefficient (Wildman–Crippen LogP) is 3.83. The number of para-hydroxylation sites is 1. The van der Waals surface area contributed by atoms with Crippen LogP contribution in [0.1, 0.15) is 39.2 Å². The van der Waals surface area contributed by atoms with E-state index in [9.17, 15) is 9.59 Å². The average molecular weight is 303 g/mol. The van der Waals surface area contributed by atoms with Crippen molar-refractivity contribution < 1.29 is 19.4 Å². The zero-order chi connectivity index (χ0) is 16.3.